The quantitative estimate of drug-likeness (QED) is 0.877. The molecule has 0 amide bonds. The average molecular weight is 243 g/mol. The molecule has 2 N–H and O–H groups in total. The van der Waals surface area contributed by atoms with Crippen molar-refractivity contribution in [2.45, 2.75) is 25.9 Å². The van der Waals surface area contributed by atoms with Gasteiger partial charge in [-0.05, 0) is 38.6 Å². The van der Waals surface area contributed by atoms with E-state index >= 15 is 0 Å². The van der Waals surface area contributed by atoms with Crippen LogP contribution in [0.4, 0.5) is 0 Å². The van der Waals surface area contributed by atoms with Gasteiger partial charge in [0.15, 0.2) is 0 Å². The lowest BCUT2D eigenvalue weighted by Crippen LogP contribution is -2.25. The van der Waals surface area contributed by atoms with Gasteiger partial charge in [-0.1, -0.05) is 24.3 Å². The maximum Gasteiger partial charge on any atom is 0.0746 e. The van der Waals surface area contributed by atoms with Crippen molar-refractivity contribution in [3.63, 3.8) is 0 Å². The molecule has 18 heavy (non-hydrogen) atoms. The number of benzene rings is 1. The first-order valence-electron chi connectivity index (χ1n) is 6.43. The van der Waals surface area contributed by atoms with Crippen LogP contribution in [0.2, 0.25) is 0 Å². The van der Waals surface area contributed by atoms with E-state index in [1.54, 1.807) is 0 Å². The first-order chi connectivity index (χ1) is 8.66. The van der Waals surface area contributed by atoms with Crippen LogP contribution < -0.4 is 5.73 Å². The van der Waals surface area contributed by atoms with E-state index in [-0.39, 0.29) is 6.04 Å². The lowest BCUT2D eigenvalue weighted by atomic mass is 10.1. The highest BCUT2D eigenvalue weighted by Gasteiger charge is 2.06. The second-order valence-corrected chi connectivity index (χ2v) is 5.00. The minimum atomic E-state index is 0.262. The molecule has 2 aromatic rings. The maximum absolute atomic E-state index is 5.79. The minimum Gasteiger partial charge on any atom is -0.328 e. The zero-order valence-corrected chi connectivity index (χ0v) is 11.1. The van der Waals surface area contributed by atoms with E-state index in [2.05, 4.69) is 41.2 Å². The summed E-state index contributed by atoms with van der Waals surface area (Å²) in [6.07, 6.45) is 2.88. The van der Waals surface area contributed by atoms with E-state index in [1.807, 2.05) is 19.2 Å². The molecule has 1 aromatic heterocycles. The first-order valence-corrected chi connectivity index (χ1v) is 6.43. The van der Waals surface area contributed by atoms with Gasteiger partial charge >= 0.3 is 0 Å². The highest BCUT2D eigenvalue weighted by Crippen LogP contribution is 2.17. The Morgan fingerprint density at radius 1 is 1.28 bits per heavy atom. The minimum absolute atomic E-state index is 0.262. The zero-order valence-electron chi connectivity index (χ0n) is 11.1. The number of para-hydroxylation sites is 1. The second kappa shape index (κ2) is 5.94. The molecular formula is C15H21N3. The molecule has 3 heteroatoms. The molecule has 1 atom stereocenters. The summed E-state index contributed by atoms with van der Waals surface area (Å²) in [4.78, 5) is 6.78. The highest BCUT2D eigenvalue weighted by atomic mass is 15.1. The zero-order chi connectivity index (χ0) is 13.0. The van der Waals surface area contributed by atoms with Crippen molar-refractivity contribution >= 4 is 10.9 Å². The Balaban J connectivity index is 2.11. The summed E-state index contributed by atoms with van der Waals surface area (Å²) in [6.45, 7) is 3.98. The smallest absolute Gasteiger partial charge is 0.0746 e. The van der Waals surface area contributed by atoms with Gasteiger partial charge in [0.05, 0.1) is 5.52 Å². The molecule has 3 nitrogen and oxygen atoms in total. The van der Waals surface area contributed by atoms with Crippen molar-refractivity contribution < 1.29 is 0 Å². The summed E-state index contributed by atoms with van der Waals surface area (Å²) in [5.41, 5.74) is 8.17. The Hall–Kier alpha value is -1.45. The molecule has 0 spiro atoms. The third-order valence-electron chi connectivity index (χ3n) is 3.12. The molecule has 0 fully saturated rings. The van der Waals surface area contributed by atoms with Crippen LogP contribution in [0.3, 0.4) is 0 Å². The van der Waals surface area contributed by atoms with Crippen LogP contribution in [-0.2, 0) is 6.54 Å². The number of rotatable bonds is 5. The fourth-order valence-corrected chi connectivity index (χ4v) is 2.09. The van der Waals surface area contributed by atoms with Crippen LogP contribution in [0.15, 0.2) is 36.5 Å². The lowest BCUT2D eigenvalue weighted by molar-refractivity contribution is 0.314. The highest BCUT2D eigenvalue weighted by molar-refractivity contribution is 5.81. The van der Waals surface area contributed by atoms with Gasteiger partial charge < -0.3 is 10.6 Å². The summed E-state index contributed by atoms with van der Waals surface area (Å²) in [6, 6.07) is 10.7. The number of fused-ring (bicyclic) bond motifs is 1. The van der Waals surface area contributed by atoms with Gasteiger partial charge in [0.1, 0.15) is 0 Å². The summed E-state index contributed by atoms with van der Waals surface area (Å²) in [5.74, 6) is 0. The first kappa shape index (κ1) is 13.0. The summed E-state index contributed by atoms with van der Waals surface area (Å²) in [5, 5.41) is 1.20. The molecule has 0 saturated heterocycles. The predicted molar refractivity (Wildman–Crippen MR) is 76.3 cm³/mol. The van der Waals surface area contributed by atoms with Crippen molar-refractivity contribution in [2.24, 2.45) is 5.73 Å². The molecule has 1 aromatic carbocycles. The van der Waals surface area contributed by atoms with Gasteiger partial charge in [0.2, 0.25) is 0 Å². The van der Waals surface area contributed by atoms with Crippen LogP contribution in [0, 0.1) is 0 Å². The molecular weight excluding hydrogens is 222 g/mol. The Bertz CT molecular complexity index is 503. The third-order valence-corrected chi connectivity index (χ3v) is 3.12. The standard InChI is InChI=1S/C15H21N3/c1-12(16)8-10-18(2)11-14-6-3-5-13-7-4-9-17-15(13)14/h3-7,9,12H,8,10-11,16H2,1-2H3. The van der Waals surface area contributed by atoms with E-state index in [1.165, 1.54) is 10.9 Å². The molecule has 0 aliphatic rings. The van der Waals surface area contributed by atoms with E-state index in [0.717, 1.165) is 25.0 Å². The number of nitrogens with zero attached hydrogens (tertiary/aromatic N) is 2. The molecule has 1 heterocycles. The van der Waals surface area contributed by atoms with E-state index in [0.29, 0.717) is 0 Å². The van der Waals surface area contributed by atoms with Crippen LogP contribution in [0.5, 0.6) is 0 Å². The predicted octanol–water partition coefficient (Wildman–Crippen LogP) is 2.40. The lowest BCUT2D eigenvalue weighted by Gasteiger charge is -2.18. The van der Waals surface area contributed by atoms with Crippen LogP contribution >= 0.6 is 0 Å². The molecule has 0 radical (unpaired) electrons. The number of pyridine rings is 1. The van der Waals surface area contributed by atoms with E-state index < -0.39 is 0 Å². The monoisotopic (exact) mass is 243 g/mol. The Labute approximate surface area is 109 Å². The van der Waals surface area contributed by atoms with Gasteiger partial charge in [-0.25, -0.2) is 0 Å². The Morgan fingerprint density at radius 3 is 2.83 bits per heavy atom. The van der Waals surface area contributed by atoms with Gasteiger partial charge in [-0.2, -0.15) is 0 Å². The van der Waals surface area contributed by atoms with Crippen molar-refractivity contribution in [1.82, 2.24) is 9.88 Å². The van der Waals surface area contributed by atoms with Gasteiger partial charge in [-0.3, -0.25) is 4.98 Å². The van der Waals surface area contributed by atoms with Crippen LogP contribution in [0.25, 0.3) is 10.9 Å². The van der Waals surface area contributed by atoms with E-state index in [9.17, 15) is 0 Å². The van der Waals surface area contributed by atoms with Crippen molar-refractivity contribution in [3.8, 4) is 0 Å². The molecule has 0 aliphatic carbocycles. The number of nitrogens with two attached hydrogens (primary N) is 1. The molecule has 1 unspecified atom stereocenters. The summed E-state index contributed by atoms with van der Waals surface area (Å²) >= 11 is 0. The van der Waals surface area contributed by atoms with Gasteiger partial charge in [0.25, 0.3) is 0 Å². The number of aromatic nitrogens is 1. The van der Waals surface area contributed by atoms with E-state index in [4.69, 9.17) is 5.73 Å². The number of hydrogen-bond acceptors (Lipinski definition) is 3. The summed E-state index contributed by atoms with van der Waals surface area (Å²) in [7, 11) is 2.13. The van der Waals surface area contributed by atoms with Crippen LogP contribution in [-0.4, -0.2) is 29.5 Å². The molecule has 0 bridgehead atoms. The molecule has 0 saturated carbocycles. The van der Waals surface area contributed by atoms with Crippen molar-refractivity contribution in [3.05, 3.63) is 42.1 Å². The molecule has 2 rings (SSSR count). The summed E-state index contributed by atoms with van der Waals surface area (Å²) < 4.78 is 0. The number of hydrogen-bond donors (Lipinski definition) is 1. The average Bonchev–Trinajstić information content (AvgIpc) is 2.37. The van der Waals surface area contributed by atoms with Crippen molar-refractivity contribution in [2.75, 3.05) is 13.6 Å². The fourth-order valence-electron chi connectivity index (χ4n) is 2.09. The normalized spacial score (nSPS) is 13.1. The molecule has 96 valence electrons. The SMILES string of the molecule is CC(N)CCN(C)Cc1cccc2cccnc12. The molecule has 0 aliphatic heterocycles. The second-order valence-electron chi connectivity index (χ2n) is 5.00. The largest absolute Gasteiger partial charge is 0.328 e. The van der Waals surface area contributed by atoms with Crippen molar-refractivity contribution in [1.29, 1.82) is 0 Å². The fraction of sp³-hybridized carbons (Fsp3) is 0.400. The topological polar surface area (TPSA) is 42.1 Å². The Kier molecular flexibility index (Phi) is 4.28. The van der Waals surface area contributed by atoms with Crippen LogP contribution in [0.1, 0.15) is 18.9 Å². The third kappa shape index (κ3) is 3.28. The van der Waals surface area contributed by atoms with Gasteiger partial charge in [-0.15, -0.1) is 0 Å². The van der Waals surface area contributed by atoms with Gasteiger partial charge in [0, 0.05) is 24.2 Å². The maximum atomic E-state index is 5.79. The Morgan fingerprint density at radius 2 is 2.06 bits per heavy atom.